The molecule has 0 aliphatic carbocycles. The Balaban J connectivity index is 1.88. The van der Waals surface area contributed by atoms with Crippen LogP contribution in [0.15, 0.2) is 36.4 Å². The van der Waals surface area contributed by atoms with Gasteiger partial charge in [-0.1, -0.05) is 23.7 Å². The third-order valence-electron chi connectivity index (χ3n) is 5.37. The maximum Gasteiger partial charge on any atom is 0.260 e. The van der Waals surface area contributed by atoms with Crippen LogP contribution in [0, 0.1) is 5.82 Å². The van der Waals surface area contributed by atoms with Crippen molar-refractivity contribution in [2.45, 2.75) is 37.7 Å². The van der Waals surface area contributed by atoms with Crippen molar-refractivity contribution < 1.29 is 17.6 Å². The van der Waals surface area contributed by atoms with Gasteiger partial charge in [0, 0.05) is 31.4 Å². The van der Waals surface area contributed by atoms with Crippen LogP contribution in [-0.4, -0.2) is 43.7 Å². The lowest BCUT2D eigenvalue weighted by Gasteiger charge is -2.22. The quantitative estimate of drug-likeness (QED) is 0.516. The van der Waals surface area contributed by atoms with Crippen LogP contribution >= 0.6 is 11.6 Å². The Morgan fingerprint density at radius 1 is 1.29 bits per heavy atom. The zero-order chi connectivity index (χ0) is 22.9. The molecule has 2 aromatic rings. The zero-order valence-corrected chi connectivity index (χ0v) is 18.9. The molecule has 1 amide bonds. The van der Waals surface area contributed by atoms with Crippen molar-refractivity contribution in [1.82, 2.24) is 10.4 Å². The van der Waals surface area contributed by atoms with Gasteiger partial charge < -0.3 is 11.1 Å². The lowest BCUT2D eigenvalue weighted by atomic mass is 10.1. The summed E-state index contributed by atoms with van der Waals surface area (Å²) in [7, 11) is -2.01. The highest BCUT2D eigenvalue weighted by atomic mass is 35.5. The number of nitrogens with one attached hydrogen (secondary N) is 3. The van der Waals surface area contributed by atoms with E-state index in [1.807, 2.05) is 6.92 Å². The molecule has 0 saturated carbocycles. The summed E-state index contributed by atoms with van der Waals surface area (Å²) in [5.41, 5.74) is 9.62. The fourth-order valence-corrected chi connectivity index (χ4v) is 5.92. The molecule has 3 rings (SSSR count). The zero-order valence-electron chi connectivity index (χ0n) is 17.3. The van der Waals surface area contributed by atoms with Gasteiger partial charge >= 0.3 is 0 Å². The van der Waals surface area contributed by atoms with Crippen LogP contribution < -0.4 is 21.2 Å². The molecule has 31 heavy (non-hydrogen) atoms. The van der Waals surface area contributed by atoms with Crippen LogP contribution in [0.4, 0.5) is 15.8 Å². The van der Waals surface area contributed by atoms with Crippen LogP contribution in [0.1, 0.15) is 29.8 Å². The molecule has 0 radical (unpaired) electrons. The highest BCUT2D eigenvalue weighted by Gasteiger charge is 2.43. The molecule has 8 nitrogen and oxygen atoms in total. The number of amides is 1. The van der Waals surface area contributed by atoms with E-state index in [1.165, 1.54) is 18.2 Å². The van der Waals surface area contributed by atoms with E-state index in [0.717, 1.165) is 6.07 Å². The first-order valence-corrected chi connectivity index (χ1v) is 11.6. The minimum Gasteiger partial charge on any atom is -0.326 e. The molecule has 5 N–H and O–H groups in total. The fourth-order valence-electron chi connectivity index (χ4n) is 3.74. The predicted molar refractivity (Wildman–Crippen MR) is 120 cm³/mol. The summed E-state index contributed by atoms with van der Waals surface area (Å²) in [4.78, 5) is 12.5. The molecule has 1 saturated heterocycles. The average molecular weight is 470 g/mol. The number of hydrogen-bond donors (Lipinski definition) is 4. The Labute approximate surface area is 186 Å². The molecule has 1 fully saturated rings. The molecule has 3 unspecified atom stereocenters. The van der Waals surface area contributed by atoms with E-state index >= 15 is 0 Å². The Kier molecular flexibility index (Phi) is 6.87. The molecule has 3 atom stereocenters. The topological polar surface area (TPSA) is 117 Å². The van der Waals surface area contributed by atoms with Crippen molar-refractivity contribution in [2.24, 2.45) is 5.73 Å². The predicted octanol–water partition coefficient (Wildman–Crippen LogP) is 2.53. The number of anilines is 2. The Bertz CT molecular complexity index is 1080. The standard InChI is InChI=1S/C20H25ClFN5O3S/c1-11-19(12(2)27(3)25-11)31(29,30)26-17-9-14(8-7-13(17)10-23)24-20(28)18-15(21)5-4-6-16(18)22/h4-9,11-12,19,25-26H,10,23H2,1-3H3,(H,24,28). The SMILES string of the molecule is CC1NN(C)C(C)C1S(=O)(=O)Nc1cc(NC(=O)c2c(F)cccc2Cl)ccc1CN. The molecule has 0 aromatic heterocycles. The number of benzene rings is 2. The third kappa shape index (κ3) is 4.83. The van der Waals surface area contributed by atoms with Gasteiger partial charge in [0.15, 0.2) is 0 Å². The fraction of sp³-hybridized carbons (Fsp3) is 0.350. The van der Waals surface area contributed by atoms with Gasteiger partial charge in [-0.15, -0.1) is 0 Å². The Hall–Kier alpha value is -2.24. The van der Waals surface area contributed by atoms with Crippen molar-refractivity contribution in [3.63, 3.8) is 0 Å². The third-order valence-corrected chi connectivity index (χ3v) is 7.71. The lowest BCUT2D eigenvalue weighted by molar-refractivity contribution is 0.102. The smallest absolute Gasteiger partial charge is 0.260 e. The number of rotatable bonds is 6. The van der Waals surface area contributed by atoms with Gasteiger partial charge in [-0.25, -0.2) is 17.8 Å². The van der Waals surface area contributed by atoms with Gasteiger partial charge in [-0.2, -0.15) is 0 Å². The van der Waals surface area contributed by atoms with E-state index in [1.54, 1.807) is 31.1 Å². The number of carbonyl (C=O) groups is 1. The van der Waals surface area contributed by atoms with Crippen molar-refractivity contribution in [2.75, 3.05) is 17.1 Å². The van der Waals surface area contributed by atoms with Crippen molar-refractivity contribution in [3.8, 4) is 0 Å². The van der Waals surface area contributed by atoms with E-state index in [0.29, 0.717) is 5.56 Å². The van der Waals surface area contributed by atoms with E-state index in [-0.39, 0.29) is 40.6 Å². The number of carbonyl (C=O) groups excluding carboxylic acids is 1. The number of hydrogen-bond acceptors (Lipinski definition) is 6. The summed E-state index contributed by atoms with van der Waals surface area (Å²) in [5.74, 6) is -1.51. The minimum absolute atomic E-state index is 0.0298. The Morgan fingerprint density at radius 2 is 2.00 bits per heavy atom. The first-order valence-electron chi connectivity index (χ1n) is 9.64. The largest absolute Gasteiger partial charge is 0.326 e. The van der Waals surface area contributed by atoms with Gasteiger partial charge in [0.05, 0.1) is 16.3 Å². The summed E-state index contributed by atoms with van der Waals surface area (Å²) < 4.78 is 42.9. The van der Waals surface area contributed by atoms with Gasteiger partial charge in [0.2, 0.25) is 10.0 Å². The van der Waals surface area contributed by atoms with E-state index < -0.39 is 27.0 Å². The van der Waals surface area contributed by atoms with Gasteiger partial charge in [-0.05, 0) is 43.7 Å². The number of nitrogens with two attached hydrogens (primary N) is 1. The highest BCUT2D eigenvalue weighted by Crippen LogP contribution is 2.28. The summed E-state index contributed by atoms with van der Waals surface area (Å²) in [6, 6.07) is 7.98. The van der Waals surface area contributed by atoms with Crippen molar-refractivity contribution >= 4 is 38.9 Å². The van der Waals surface area contributed by atoms with Gasteiger partial charge in [-0.3, -0.25) is 14.9 Å². The molecule has 1 aliphatic heterocycles. The van der Waals surface area contributed by atoms with Gasteiger partial charge in [0.25, 0.3) is 5.91 Å². The summed E-state index contributed by atoms with van der Waals surface area (Å²) in [6.07, 6.45) is 0. The first-order chi connectivity index (χ1) is 14.5. The summed E-state index contributed by atoms with van der Waals surface area (Å²) in [5, 5.41) is 3.57. The number of halogens is 2. The van der Waals surface area contributed by atoms with Crippen LogP contribution in [0.25, 0.3) is 0 Å². The lowest BCUT2D eigenvalue weighted by Crippen LogP contribution is -2.41. The van der Waals surface area contributed by atoms with Gasteiger partial charge in [0.1, 0.15) is 11.1 Å². The van der Waals surface area contributed by atoms with Crippen LogP contribution in [0.3, 0.4) is 0 Å². The monoisotopic (exact) mass is 469 g/mol. The molecule has 11 heteroatoms. The number of hydrazine groups is 1. The van der Waals surface area contributed by atoms with E-state index in [9.17, 15) is 17.6 Å². The molecule has 1 heterocycles. The molecule has 0 spiro atoms. The average Bonchev–Trinajstić information content (AvgIpc) is 2.93. The summed E-state index contributed by atoms with van der Waals surface area (Å²) in [6.45, 7) is 3.70. The minimum atomic E-state index is -3.79. The molecule has 0 bridgehead atoms. The van der Waals surface area contributed by atoms with Crippen molar-refractivity contribution in [3.05, 3.63) is 58.4 Å². The number of nitrogens with zero attached hydrogens (tertiary/aromatic N) is 1. The summed E-state index contributed by atoms with van der Waals surface area (Å²) >= 11 is 5.95. The highest BCUT2D eigenvalue weighted by molar-refractivity contribution is 7.93. The van der Waals surface area contributed by atoms with E-state index in [4.69, 9.17) is 17.3 Å². The molecule has 1 aliphatic rings. The van der Waals surface area contributed by atoms with Crippen LogP contribution in [-0.2, 0) is 16.6 Å². The molecular formula is C20H25ClFN5O3S. The Morgan fingerprint density at radius 3 is 2.58 bits per heavy atom. The normalized spacial score (nSPS) is 21.8. The maximum atomic E-state index is 14.0. The second kappa shape index (κ2) is 9.09. The number of sulfonamides is 1. The first kappa shape index (κ1) is 23.4. The molecule has 168 valence electrons. The maximum absolute atomic E-state index is 14.0. The second-order valence-corrected chi connectivity index (χ2v) is 9.75. The second-order valence-electron chi connectivity index (χ2n) is 7.51. The molecule has 2 aromatic carbocycles. The van der Waals surface area contributed by atoms with Crippen LogP contribution in [0.2, 0.25) is 5.02 Å². The van der Waals surface area contributed by atoms with Crippen LogP contribution in [0.5, 0.6) is 0 Å². The van der Waals surface area contributed by atoms with Crippen molar-refractivity contribution in [1.29, 1.82) is 0 Å². The van der Waals surface area contributed by atoms with E-state index in [2.05, 4.69) is 15.5 Å². The molecular weight excluding hydrogens is 445 g/mol.